The summed E-state index contributed by atoms with van der Waals surface area (Å²) in [5.74, 6) is -0.230. The van der Waals surface area contributed by atoms with E-state index in [1.165, 1.54) is 40.7 Å². The molecule has 5 N–H and O–H groups in total. The maximum atomic E-state index is 15.7. The van der Waals surface area contributed by atoms with Crippen molar-refractivity contribution < 1.29 is 42.5 Å². The van der Waals surface area contributed by atoms with E-state index in [1.54, 1.807) is 49.5 Å². The van der Waals surface area contributed by atoms with Gasteiger partial charge in [-0.15, -0.1) is 0 Å². The number of halogens is 1. The molecule has 1 unspecified atom stereocenters. The fourth-order valence-corrected chi connectivity index (χ4v) is 7.23. The van der Waals surface area contributed by atoms with E-state index >= 15 is 4.39 Å². The number of H-pyrrole nitrogens is 2. The quantitative estimate of drug-likeness (QED) is 0.124. The van der Waals surface area contributed by atoms with Crippen molar-refractivity contribution >= 4 is 23.9 Å². The van der Waals surface area contributed by atoms with Crippen LogP contribution in [0, 0.1) is 11.7 Å². The van der Waals surface area contributed by atoms with Gasteiger partial charge >= 0.3 is 12.2 Å². The number of amides is 3. The number of alkyl carbamates (subject to hydrolysis) is 2. The van der Waals surface area contributed by atoms with Crippen molar-refractivity contribution in [2.45, 2.75) is 69.5 Å². The summed E-state index contributed by atoms with van der Waals surface area (Å²) in [6.07, 6.45) is 5.60. The molecule has 0 radical (unpaired) electrons. The van der Waals surface area contributed by atoms with Crippen LogP contribution in [0.4, 0.5) is 14.0 Å². The first-order valence-electron chi connectivity index (χ1n) is 18.5. The maximum Gasteiger partial charge on any atom is 0.407 e. The predicted octanol–water partition coefficient (Wildman–Crippen LogP) is 3.47. The molecule has 19 heteroatoms. The topological polar surface area (TPSA) is 228 Å². The number of imidazole rings is 2. The van der Waals surface area contributed by atoms with Crippen LogP contribution in [0.5, 0.6) is 0 Å². The molecule has 0 bridgehead atoms. The van der Waals surface area contributed by atoms with E-state index < -0.39 is 60.3 Å². The van der Waals surface area contributed by atoms with Crippen LogP contribution in [0.15, 0.2) is 43.0 Å². The minimum Gasteiger partial charge on any atom is -0.453 e. The third-order valence-electron chi connectivity index (χ3n) is 10.6. The van der Waals surface area contributed by atoms with Gasteiger partial charge in [0.1, 0.15) is 29.5 Å². The molecular weight excluding hydrogens is 743 g/mol. The summed E-state index contributed by atoms with van der Waals surface area (Å²) in [6, 6.07) is 1.92. The Balaban J connectivity index is 1.13. The number of hydrogen-bond donors (Lipinski definition) is 5. The Kier molecular flexibility index (Phi) is 12.9. The summed E-state index contributed by atoms with van der Waals surface area (Å²) in [6.45, 7) is 4.41. The van der Waals surface area contributed by atoms with Gasteiger partial charge in [-0.1, -0.05) is 6.07 Å². The zero-order chi connectivity index (χ0) is 40.8. The van der Waals surface area contributed by atoms with Gasteiger partial charge in [0, 0.05) is 62.0 Å². The second kappa shape index (κ2) is 18.0. The van der Waals surface area contributed by atoms with Crippen molar-refractivity contribution in [3.05, 3.63) is 60.5 Å². The Morgan fingerprint density at radius 2 is 1.56 bits per heavy atom. The highest BCUT2D eigenvalue weighted by Gasteiger charge is 2.42. The summed E-state index contributed by atoms with van der Waals surface area (Å²) >= 11 is 0. The van der Waals surface area contributed by atoms with Gasteiger partial charge in [0.25, 0.3) is 0 Å². The minimum absolute atomic E-state index is 0.202. The van der Waals surface area contributed by atoms with E-state index in [0.717, 1.165) is 0 Å². The second-order valence-corrected chi connectivity index (χ2v) is 13.9. The molecule has 3 aromatic heterocycles. The second-order valence-electron chi connectivity index (χ2n) is 13.9. The van der Waals surface area contributed by atoms with Gasteiger partial charge in [-0.3, -0.25) is 9.59 Å². The van der Waals surface area contributed by atoms with Gasteiger partial charge in [0.15, 0.2) is 11.6 Å². The lowest BCUT2D eigenvalue weighted by molar-refractivity contribution is -0.137. The highest BCUT2D eigenvalue weighted by molar-refractivity contribution is 5.90. The van der Waals surface area contributed by atoms with Crippen LogP contribution in [-0.2, 0) is 28.5 Å². The lowest BCUT2D eigenvalue weighted by atomic mass is 9.89. The Morgan fingerprint density at radius 3 is 2.23 bits per heavy atom. The fraction of sp³-hybridized carbons (Fsp3) is 0.474. The SMILES string of the molecule is COC(=O)N[C@H](C(=O)C1CCN[C@H]1c1nc(-c2cnc(-c3ccc(-c4cnc([C@@H]5CCCN5C(=O)[C@@H](NC(=O)OC)[C@@H](C)OC)[nH]4)c(F)c3)nc2)c[nH]1)[C@@H](C)OC. The van der Waals surface area contributed by atoms with Crippen molar-refractivity contribution in [2.75, 3.05) is 41.5 Å². The molecule has 2 aliphatic rings. The summed E-state index contributed by atoms with van der Waals surface area (Å²) < 4.78 is 35.8. The number of hydrogen-bond acceptors (Lipinski definition) is 13. The summed E-state index contributed by atoms with van der Waals surface area (Å²) in [5, 5.41) is 8.49. The number of aromatic nitrogens is 6. The van der Waals surface area contributed by atoms with Crippen molar-refractivity contribution in [3.63, 3.8) is 0 Å². The average Bonchev–Trinajstić information content (AvgIpc) is 4.07. The molecule has 57 heavy (non-hydrogen) atoms. The van der Waals surface area contributed by atoms with Crippen molar-refractivity contribution in [2.24, 2.45) is 5.92 Å². The van der Waals surface area contributed by atoms with Crippen molar-refractivity contribution in [1.82, 2.24) is 50.8 Å². The van der Waals surface area contributed by atoms with Crippen molar-refractivity contribution in [1.29, 1.82) is 0 Å². The van der Waals surface area contributed by atoms with Crippen LogP contribution in [0.3, 0.4) is 0 Å². The fourth-order valence-electron chi connectivity index (χ4n) is 7.23. The first-order chi connectivity index (χ1) is 27.5. The summed E-state index contributed by atoms with van der Waals surface area (Å²) in [7, 11) is 5.37. The first kappa shape index (κ1) is 40.9. The number of ketones is 1. The van der Waals surface area contributed by atoms with E-state index in [9.17, 15) is 19.2 Å². The normalized spacial score (nSPS) is 20.1. The molecule has 6 rings (SSSR count). The standard InChI is InChI=1S/C38H47FN10O8/c1-19(54-3)29(47-37(52)56-5)32(50)24-11-12-40-31(24)35-44-17-26(45-35)22-15-41-33(42-16-22)21-9-10-23(25(39)14-21)27-18-43-34(46-27)28-8-7-13-49(28)36(51)30(20(2)55-4)48-38(53)57-6/h9-10,14-20,24,28-31,40H,7-8,11-13H2,1-6H3,(H,43,46)(H,44,45)(H,47,52)(H,48,53)/t19-,20-,24?,28+,29+,30+,31-/m1/s1. The van der Waals surface area contributed by atoms with Gasteiger partial charge < -0.3 is 49.8 Å². The zero-order valence-electron chi connectivity index (χ0n) is 32.5. The average molecular weight is 791 g/mol. The number of nitrogens with zero attached hydrogens (tertiary/aromatic N) is 5. The molecule has 2 fully saturated rings. The molecule has 0 saturated carbocycles. The molecule has 5 heterocycles. The number of benzene rings is 1. The number of rotatable bonds is 14. The molecule has 7 atom stereocenters. The number of aromatic amines is 2. The van der Waals surface area contributed by atoms with Crippen molar-refractivity contribution in [3.8, 4) is 33.9 Å². The number of likely N-dealkylation sites (tertiary alicyclic amines) is 1. The van der Waals surface area contributed by atoms with Crippen LogP contribution < -0.4 is 16.0 Å². The number of nitrogens with one attached hydrogen (secondary N) is 5. The first-order valence-corrected chi connectivity index (χ1v) is 18.5. The molecule has 3 amide bonds. The predicted molar refractivity (Wildman–Crippen MR) is 202 cm³/mol. The molecule has 2 aliphatic heterocycles. The van der Waals surface area contributed by atoms with Crippen LogP contribution in [0.1, 0.15) is 56.8 Å². The Labute approximate surface area is 328 Å². The highest BCUT2D eigenvalue weighted by atomic mass is 19.1. The number of carbonyl (C=O) groups is 4. The number of carbonyl (C=O) groups excluding carboxylic acids is 4. The van der Waals surface area contributed by atoms with Crippen LogP contribution in [-0.4, -0.2) is 125 Å². The Bertz CT molecular complexity index is 2060. The van der Waals surface area contributed by atoms with Gasteiger partial charge in [-0.25, -0.2) is 33.9 Å². The third-order valence-corrected chi connectivity index (χ3v) is 10.6. The minimum atomic E-state index is -0.974. The smallest absolute Gasteiger partial charge is 0.407 e. The van der Waals surface area contributed by atoms with Gasteiger partial charge in [-0.05, 0) is 51.8 Å². The largest absolute Gasteiger partial charge is 0.453 e. The monoisotopic (exact) mass is 790 g/mol. The molecule has 0 aliphatic carbocycles. The van der Waals surface area contributed by atoms with E-state index in [2.05, 4.69) is 40.9 Å². The number of Topliss-reactive ketones (excluding diaryl/α,β-unsaturated/α-hetero) is 1. The van der Waals surface area contributed by atoms with E-state index in [-0.39, 0.29) is 17.3 Å². The van der Waals surface area contributed by atoms with Crippen LogP contribution in [0.25, 0.3) is 33.9 Å². The molecule has 18 nitrogen and oxygen atoms in total. The lowest BCUT2D eigenvalue weighted by Gasteiger charge is -2.30. The lowest BCUT2D eigenvalue weighted by Crippen LogP contribution is -2.54. The molecule has 2 saturated heterocycles. The van der Waals surface area contributed by atoms with Crippen LogP contribution >= 0.6 is 0 Å². The maximum absolute atomic E-state index is 15.7. The van der Waals surface area contributed by atoms with E-state index in [1.807, 2.05) is 0 Å². The zero-order valence-corrected chi connectivity index (χ0v) is 32.5. The Hall–Kier alpha value is -5.79. The van der Waals surface area contributed by atoms with Crippen LogP contribution in [0.2, 0.25) is 0 Å². The molecular formula is C38H47FN10O8. The molecule has 4 aromatic rings. The summed E-state index contributed by atoms with van der Waals surface area (Å²) in [4.78, 5) is 77.3. The van der Waals surface area contributed by atoms with Gasteiger partial charge in [0.05, 0.1) is 56.1 Å². The summed E-state index contributed by atoms with van der Waals surface area (Å²) in [5.41, 5.74) is 2.30. The number of methoxy groups -OCH3 is 4. The Morgan fingerprint density at radius 1 is 0.877 bits per heavy atom. The van der Waals surface area contributed by atoms with E-state index in [4.69, 9.17) is 23.9 Å². The highest BCUT2D eigenvalue weighted by Crippen LogP contribution is 2.34. The van der Waals surface area contributed by atoms with Gasteiger partial charge in [0.2, 0.25) is 5.91 Å². The van der Waals surface area contributed by atoms with Gasteiger partial charge in [-0.2, -0.15) is 0 Å². The molecule has 1 aromatic carbocycles. The molecule has 304 valence electrons. The number of ether oxygens (including phenoxy) is 4. The molecule has 0 spiro atoms. The van der Waals surface area contributed by atoms with E-state index in [0.29, 0.717) is 72.3 Å². The third kappa shape index (κ3) is 8.79.